The van der Waals surface area contributed by atoms with Crippen LogP contribution in [0, 0.1) is 0 Å². The van der Waals surface area contributed by atoms with Crippen molar-refractivity contribution in [3.63, 3.8) is 0 Å². The molecule has 4 rings (SSSR count). The number of methoxy groups -OCH3 is 1. The van der Waals surface area contributed by atoms with Crippen molar-refractivity contribution >= 4 is 38.3 Å². The summed E-state index contributed by atoms with van der Waals surface area (Å²) in [5.74, 6) is 0.719. The number of carbonyl (C=O) groups excluding carboxylic acids is 1. The Morgan fingerprint density at radius 1 is 1.16 bits per heavy atom. The van der Waals surface area contributed by atoms with Gasteiger partial charge in [0.05, 0.1) is 19.8 Å². The van der Waals surface area contributed by atoms with Crippen molar-refractivity contribution < 1.29 is 13.9 Å². The number of carbonyl (C=O) groups is 1. The molecule has 0 unspecified atom stereocenters. The first-order chi connectivity index (χ1) is 12.2. The van der Waals surface area contributed by atoms with Crippen molar-refractivity contribution in [3.8, 4) is 5.75 Å². The molecule has 0 fully saturated rings. The third-order valence-corrected chi connectivity index (χ3v) is 5.26. The summed E-state index contributed by atoms with van der Waals surface area (Å²) in [4.78, 5) is 12.3. The Hall–Kier alpha value is -2.79. The fourth-order valence-electron chi connectivity index (χ4n) is 2.93. The van der Waals surface area contributed by atoms with Crippen molar-refractivity contribution in [2.45, 2.75) is 13.0 Å². The maximum Gasteiger partial charge on any atom is 0.224 e. The van der Waals surface area contributed by atoms with Gasteiger partial charge in [0.25, 0.3) is 0 Å². The third-order valence-electron chi connectivity index (χ3n) is 4.25. The van der Waals surface area contributed by atoms with Crippen LogP contribution in [0.4, 0.5) is 0 Å². The van der Waals surface area contributed by atoms with E-state index in [1.54, 1.807) is 24.7 Å². The molecule has 1 N–H and O–H groups in total. The summed E-state index contributed by atoms with van der Waals surface area (Å²) in [6, 6.07) is 13.9. The number of fused-ring (bicyclic) bond motifs is 2. The zero-order valence-corrected chi connectivity index (χ0v) is 14.6. The van der Waals surface area contributed by atoms with E-state index in [-0.39, 0.29) is 5.91 Å². The zero-order chi connectivity index (χ0) is 17.2. The average molecular weight is 351 g/mol. The molecule has 0 saturated carbocycles. The molecule has 4 nitrogen and oxygen atoms in total. The Kier molecular flexibility index (Phi) is 4.15. The van der Waals surface area contributed by atoms with Gasteiger partial charge in [-0.25, -0.2) is 0 Å². The Morgan fingerprint density at radius 3 is 2.92 bits per heavy atom. The highest BCUT2D eigenvalue weighted by molar-refractivity contribution is 7.17. The lowest BCUT2D eigenvalue weighted by Gasteiger charge is -2.04. The maximum absolute atomic E-state index is 12.3. The van der Waals surface area contributed by atoms with Crippen LogP contribution in [-0.4, -0.2) is 13.0 Å². The Balaban J connectivity index is 1.45. The van der Waals surface area contributed by atoms with E-state index >= 15 is 0 Å². The summed E-state index contributed by atoms with van der Waals surface area (Å²) in [6.45, 7) is 0.534. The number of hydrogen-bond acceptors (Lipinski definition) is 4. The number of furan rings is 1. The van der Waals surface area contributed by atoms with Gasteiger partial charge in [0.15, 0.2) is 0 Å². The van der Waals surface area contributed by atoms with E-state index in [1.165, 1.54) is 10.1 Å². The first-order valence-electron chi connectivity index (χ1n) is 8.00. The lowest BCUT2D eigenvalue weighted by Crippen LogP contribution is -2.24. The predicted molar refractivity (Wildman–Crippen MR) is 100 cm³/mol. The molecule has 2 aromatic carbocycles. The van der Waals surface area contributed by atoms with E-state index in [1.807, 2.05) is 30.3 Å². The lowest BCUT2D eigenvalue weighted by molar-refractivity contribution is -0.120. The lowest BCUT2D eigenvalue weighted by atomic mass is 10.1. The van der Waals surface area contributed by atoms with Crippen LogP contribution in [0.1, 0.15) is 11.1 Å². The summed E-state index contributed by atoms with van der Waals surface area (Å²) >= 11 is 1.70. The number of benzene rings is 2. The molecule has 0 saturated heterocycles. The van der Waals surface area contributed by atoms with Gasteiger partial charge < -0.3 is 14.5 Å². The predicted octanol–water partition coefficient (Wildman–Crippen LogP) is 4.52. The van der Waals surface area contributed by atoms with Crippen LogP contribution >= 0.6 is 11.3 Å². The molecule has 2 aromatic heterocycles. The zero-order valence-electron chi connectivity index (χ0n) is 13.7. The summed E-state index contributed by atoms with van der Waals surface area (Å²) in [6.07, 6.45) is 1.94. The van der Waals surface area contributed by atoms with E-state index in [0.29, 0.717) is 13.0 Å². The second-order valence-corrected chi connectivity index (χ2v) is 6.74. The molecule has 5 heteroatoms. The molecule has 0 atom stereocenters. The molecule has 1 amide bonds. The molecular weight excluding hydrogens is 334 g/mol. The first-order valence-corrected chi connectivity index (χ1v) is 8.88. The molecule has 126 valence electrons. The quantitative estimate of drug-likeness (QED) is 0.575. The van der Waals surface area contributed by atoms with Crippen molar-refractivity contribution in [2.75, 3.05) is 7.11 Å². The molecular formula is C20H17NO3S. The monoisotopic (exact) mass is 351 g/mol. The topological polar surface area (TPSA) is 51.5 Å². The van der Waals surface area contributed by atoms with Gasteiger partial charge in [0.2, 0.25) is 5.91 Å². The van der Waals surface area contributed by atoms with Gasteiger partial charge in [-0.1, -0.05) is 18.2 Å². The summed E-state index contributed by atoms with van der Waals surface area (Å²) in [5.41, 5.74) is 2.76. The molecule has 0 aliphatic heterocycles. The molecule has 0 bridgehead atoms. The van der Waals surface area contributed by atoms with Gasteiger partial charge in [0, 0.05) is 28.3 Å². The highest BCUT2D eigenvalue weighted by Crippen LogP contribution is 2.27. The first kappa shape index (κ1) is 15.7. The number of nitrogens with one attached hydrogen (secondary N) is 1. The van der Waals surface area contributed by atoms with Crippen LogP contribution in [-0.2, 0) is 17.8 Å². The van der Waals surface area contributed by atoms with Gasteiger partial charge in [-0.3, -0.25) is 4.79 Å². The molecule has 0 aliphatic carbocycles. The van der Waals surface area contributed by atoms with Crippen molar-refractivity contribution in [2.24, 2.45) is 0 Å². The third kappa shape index (κ3) is 3.10. The fraction of sp³-hybridized carbons (Fsp3) is 0.150. The summed E-state index contributed by atoms with van der Waals surface area (Å²) in [7, 11) is 1.62. The standard InChI is InChI=1S/C20H17NO3S/c1-23-15-6-7-16-13(11-24-18(16)9-15)8-20(22)21-10-14-12-25-19-5-3-2-4-17(14)19/h2-7,9,11-12H,8,10H2,1H3,(H,21,22). The Morgan fingerprint density at radius 2 is 2.04 bits per heavy atom. The highest BCUT2D eigenvalue weighted by Gasteiger charge is 2.12. The Bertz CT molecular complexity index is 1050. The van der Waals surface area contributed by atoms with Gasteiger partial charge in [0.1, 0.15) is 11.3 Å². The van der Waals surface area contributed by atoms with Crippen molar-refractivity contribution in [1.29, 1.82) is 0 Å². The maximum atomic E-state index is 12.3. The van der Waals surface area contributed by atoms with E-state index in [9.17, 15) is 4.79 Å². The molecule has 0 radical (unpaired) electrons. The minimum Gasteiger partial charge on any atom is -0.497 e. The van der Waals surface area contributed by atoms with Crippen LogP contribution in [0.15, 0.2) is 58.5 Å². The smallest absolute Gasteiger partial charge is 0.224 e. The average Bonchev–Trinajstić information content (AvgIpc) is 3.24. The van der Waals surface area contributed by atoms with Crippen molar-refractivity contribution in [1.82, 2.24) is 5.32 Å². The number of thiophene rings is 1. The molecule has 25 heavy (non-hydrogen) atoms. The Labute approximate surface area is 149 Å². The van der Waals surface area contributed by atoms with Gasteiger partial charge >= 0.3 is 0 Å². The molecule has 4 aromatic rings. The van der Waals surface area contributed by atoms with Crippen molar-refractivity contribution in [3.05, 3.63) is 65.2 Å². The van der Waals surface area contributed by atoms with Gasteiger partial charge in [-0.2, -0.15) is 0 Å². The SMILES string of the molecule is COc1ccc2c(CC(=O)NCc3csc4ccccc34)coc2c1. The van der Waals surface area contributed by atoms with Gasteiger partial charge in [-0.15, -0.1) is 11.3 Å². The van der Waals surface area contributed by atoms with Crippen LogP contribution in [0.25, 0.3) is 21.1 Å². The number of hydrogen-bond donors (Lipinski definition) is 1. The van der Waals surface area contributed by atoms with E-state index in [4.69, 9.17) is 9.15 Å². The molecule has 0 aliphatic rings. The van der Waals surface area contributed by atoms with E-state index in [2.05, 4.69) is 22.8 Å². The second-order valence-electron chi connectivity index (χ2n) is 5.83. The highest BCUT2D eigenvalue weighted by atomic mass is 32.1. The van der Waals surface area contributed by atoms with Crippen LogP contribution < -0.4 is 10.1 Å². The number of ether oxygens (including phenoxy) is 1. The summed E-state index contributed by atoms with van der Waals surface area (Å²) < 4.78 is 12.0. The fourth-order valence-corrected chi connectivity index (χ4v) is 3.89. The number of rotatable bonds is 5. The molecule has 0 spiro atoms. The van der Waals surface area contributed by atoms with E-state index < -0.39 is 0 Å². The minimum absolute atomic E-state index is 0.0196. The van der Waals surface area contributed by atoms with Gasteiger partial charge in [-0.05, 0) is 34.5 Å². The normalized spacial score (nSPS) is 11.1. The van der Waals surface area contributed by atoms with Crippen LogP contribution in [0.5, 0.6) is 5.75 Å². The van der Waals surface area contributed by atoms with E-state index in [0.717, 1.165) is 27.8 Å². The minimum atomic E-state index is -0.0196. The molecule has 2 heterocycles. The second kappa shape index (κ2) is 6.61. The number of amides is 1. The van der Waals surface area contributed by atoms with Crippen LogP contribution in [0.3, 0.4) is 0 Å². The van der Waals surface area contributed by atoms with Crippen LogP contribution in [0.2, 0.25) is 0 Å². The summed E-state index contributed by atoms with van der Waals surface area (Å²) in [5, 5.41) is 7.25. The largest absolute Gasteiger partial charge is 0.497 e.